The molecule has 1 fully saturated rings. The van der Waals surface area contributed by atoms with Gasteiger partial charge in [-0.15, -0.1) is 0 Å². The number of nitrogens with one attached hydrogen (secondary N) is 2. The van der Waals surface area contributed by atoms with E-state index < -0.39 is 53.8 Å². The van der Waals surface area contributed by atoms with Gasteiger partial charge in [-0.25, -0.2) is 8.78 Å². The summed E-state index contributed by atoms with van der Waals surface area (Å²) < 4.78 is 30.5. The SMILES string of the molecule is Cc1c(O)cccc1C(=O)N[C@@H](Cc1ccccc1)[C@H](O)C(=O)N1CC(F)(F)C(C)(C)[C@H]1C(=O)NCc1ccncc1. The van der Waals surface area contributed by atoms with Crippen LogP contribution in [0.5, 0.6) is 5.75 Å². The van der Waals surface area contributed by atoms with Crippen molar-refractivity contribution in [2.24, 2.45) is 5.41 Å². The van der Waals surface area contributed by atoms with Crippen LogP contribution in [0.4, 0.5) is 8.78 Å². The van der Waals surface area contributed by atoms with E-state index in [0.717, 1.165) is 0 Å². The molecule has 0 bridgehead atoms. The highest BCUT2D eigenvalue weighted by molar-refractivity contribution is 5.97. The molecular weight excluding hydrogens is 546 g/mol. The average Bonchev–Trinajstić information content (AvgIpc) is 3.16. The summed E-state index contributed by atoms with van der Waals surface area (Å²) in [6.07, 6.45) is 1.08. The minimum atomic E-state index is -3.45. The predicted octanol–water partition coefficient (Wildman–Crippen LogP) is 2.99. The molecule has 11 heteroatoms. The van der Waals surface area contributed by atoms with Gasteiger partial charge in [-0.2, -0.15) is 0 Å². The highest BCUT2D eigenvalue weighted by atomic mass is 19.3. The summed E-state index contributed by atoms with van der Waals surface area (Å²) >= 11 is 0. The van der Waals surface area contributed by atoms with Gasteiger partial charge in [0.25, 0.3) is 17.7 Å². The number of nitrogens with zero attached hydrogens (tertiary/aromatic N) is 2. The summed E-state index contributed by atoms with van der Waals surface area (Å²) in [4.78, 5) is 44.9. The van der Waals surface area contributed by atoms with Crippen molar-refractivity contribution in [3.05, 3.63) is 95.3 Å². The first-order chi connectivity index (χ1) is 19.8. The van der Waals surface area contributed by atoms with Gasteiger partial charge in [-0.3, -0.25) is 19.4 Å². The standard InChI is InChI=1S/C31H34F2N4O5/c1-19-22(10-7-11-24(19)38)27(40)36-23(16-20-8-5-4-6-9-20)25(39)29(42)37-18-31(32,33)30(2,3)26(37)28(41)35-17-21-12-14-34-15-13-21/h4-15,23,25-26,38-39H,16-18H2,1-3H3,(H,35,41)(H,36,40)/t23-,25-,26+/m0/s1. The van der Waals surface area contributed by atoms with Crippen LogP contribution in [0.3, 0.4) is 0 Å². The van der Waals surface area contributed by atoms with Crippen molar-refractivity contribution >= 4 is 17.7 Å². The third-order valence-electron chi connectivity index (χ3n) is 7.85. The molecule has 0 radical (unpaired) electrons. The van der Waals surface area contributed by atoms with E-state index in [2.05, 4.69) is 15.6 Å². The molecule has 3 amide bonds. The molecule has 0 saturated carbocycles. The fraction of sp³-hybridized carbons (Fsp3) is 0.355. The zero-order valence-electron chi connectivity index (χ0n) is 23.6. The second kappa shape index (κ2) is 12.2. The number of aromatic hydroxyl groups is 1. The van der Waals surface area contributed by atoms with Crippen LogP contribution in [-0.4, -0.2) is 68.5 Å². The molecule has 2 aromatic carbocycles. The number of aliphatic hydroxyl groups is 1. The van der Waals surface area contributed by atoms with E-state index in [9.17, 15) is 24.6 Å². The zero-order chi connectivity index (χ0) is 30.7. The number of phenolic OH excluding ortho intramolecular Hbond substituents is 1. The molecule has 9 nitrogen and oxygen atoms in total. The number of alkyl halides is 2. The maximum Gasteiger partial charge on any atom is 0.272 e. The van der Waals surface area contributed by atoms with Gasteiger partial charge in [0.05, 0.1) is 18.0 Å². The summed E-state index contributed by atoms with van der Waals surface area (Å²) in [5, 5.41) is 26.6. The Balaban J connectivity index is 1.62. The Hall–Kier alpha value is -4.38. The van der Waals surface area contributed by atoms with Gasteiger partial charge >= 0.3 is 0 Å². The third kappa shape index (κ3) is 6.25. The van der Waals surface area contributed by atoms with Crippen LogP contribution in [0.15, 0.2) is 73.1 Å². The number of hydrogen-bond donors (Lipinski definition) is 4. The maximum absolute atomic E-state index is 15.3. The molecular formula is C31H34F2N4O5. The molecule has 42 heavy (non-hydrogen) atoms. The van der Waals surface area contributed by atoms with Crippen molar-refractivity contribution in [2.45, 2.75) is 57.8 Å². The quantitative estimate of drug-likeness (QED) is 0.308. The van der Waals surface area contributed by atoms with E-state index in [4.69, 9.17) is 0 Å². The Bertz CT molecular complexity index is 1440. The molecule has 3 aromatic rings. The normalized spacial score (nSPS) is 18.6. The van der Waals surface area contributed by atoms with Crippen LogP contribution in [0.2, 0.25) is 0 Å². The van der Waals surface area contributed by atoms with Crippen LogP contribution in [0, 0.1) is 12.3 Å². The topological polar surface area (TPSA) is 132 Å². The minimum Gasteiger partial charge on any atom is -0.508 e. The van der Waals surface area contributed by atoms with Crippen molar-refractivity contribution < 1.29 is 33.4 Å². The number of amides is 3. The van der Waals surface area contributed by atoms with E-state index in [1.807, 2.05) is 0 Å². The van der Waals surface area contributed by atoms with Crippen LogP contribution in [0.1, 0.15) is 40.9 Å². The predicted molar refractivity (Wildman–Crippen MR) is 151 cm³/mol. The van der Waals surface area contributed by atoms with E-state index in [-0.39, 0.29) is 24.3 Å². The zero-order valence-corrected chi connectivity index (χ0v) is 23.6. The molecule has 222 valence electrons. The van der Waals surface area contributed by atoms with E-state index in [1.165, 1.54) is 44.4 Å². The number of carbonyl (C=O) groups is 3. The monoisotopic (exact) mass is 580 g/mol. The van der Waals surface area contributed by atoms with Gasteiger partial charge in [-0.1, -0.05) is 50.2 Å². The van der Waals surface area contributed by atoms with Crippen molar-refractivity contribution in [3.8, 4) is 5.75 Å². The Labute approximate surface area is 242 Å². The van der Waals surface area contributed by atoms with Crippen LogP contribution in [0.25, 0.3) is 0 Å². The largest absolute Gasteiger partial charge is 0.508 e. The number of benzene rings is 2. The lowest BCUT2D eigenvalue weighted by molar-refractivity contribution is -0.148. The van der Waals surface area contributed by atoms with Crippen molar-refractivity contribution in [3.63, 3.8) is 0 Å². The number of aromatic nitrogens is 1. The first kappa shape index (κ1) is 30.6. The molecule has 4 rings (SSSR count). The lowest BCUT2D eigenvalue weighted by atomic mass is 9.81. The second-order valence-corrected chi connectivity index (χ2v) is 11.0. The summed E-state index contributed by atoms with van der Waals surface area (Å²) in [6.45, 7) is 2.90. The number of rotatable bonds is 9. The van der Waals surface area contributed by atoms with Crippen molar-refractivity contribution in [2.75, 3.05) is 6.54 Å². The summed E-state index contributed by atoms with van der Waals surface area (Å²) in [6, 6.07) is 13.6. The summed E-state index contributed by atoms with van der Waals surface area (Å²) in [5.41, 5.74) is -0.189. The van der Waals surface area contributed by atoms with Gasteiger partial charge in [0.1, 0.15) is 11.8 Å². The molecule has 2 heterocycles. The summed E-state index contributed by atoms with van der Waals surface area (Å²) in [5.74, 6) is -6.14. The first-order valence-electron chi connectivity index (χ1n) is 13.5. The molecule has 0 unspecified atom stereocenters. The molecule has 1 aromatic heterocycles. The fourth-order valence-corrected chi connectivity index (χ4v) is 5.13. The average molecular weight is 581 g/mol. The number of halogens is 2. The van der Waals surface area contributed by atoms with Gasteiger partial charge < -0.3 is 25.7 Å². The maximum atomic E-state index is 15.3. The Morgan fingerprint density at radius 3 is 2.36 bits per heavy atom. The lowest BCUT2D eigenvalue weighted by Gasteiger charge is -2.34. The van der Waals surface area contributed by atoms with E-state index in [0.29, 0.717) is 21.6 Å². The van der Waals surface area contributed by atoms with Crippen LogP contribution in [-0.2, 0) is 22.6 Å². The van der Waals surface area contributed by atoms with Crippen molar-refractivity contribution in [1.82, 2.24) is 20.5 Å². The van der Waals surface area contributed by atoms with Gasteiger partial charge in [0.2, 0.25) is 5.91 Å². The number of hydrogen-bond acceptors (Lipinski definition) is 6. The molecule has 1 aliphatic rings. The molecule has 3 atom stereocenters. The number of phenols is 1. The fourth-order valence-electron chi connectivity index (χ4n) is 5.13. The Kier molecular flexibility index (Phi) is 8.91. The van der Waals surface area contributed by atoms with E-state index in [1.54, 1.807) is 49.4 Å². The minimum absolute atomic E-state index is 0.0100. The van der Waals surface area contributed by atoms with Gasteiger partial charge in [-0.05, 0) is 48.7 Å². The molecule has 0 aliphatic carbocycles. The molecule has 4 N–H and O–H groups in total. The van der Waals surface area contributed by atoms with Crippen LogP contribution >= 0.6 is 0 Å². The van der Waals surface area contributed by atoms with Gasteiger partial charge in [0.15, 0.2) is 6.10 Å². The number of likely N-dealkylation sites (tertiary alicyclic amines) is 1. The number of aliphatic hydroxyl groups excluding tert-OH is 1. The Morgan fingerprint density at radius 1 is 1.02 bits per heavy atom. The smallest absolute Gasteiger partial charge is 0.272 e. The van der Waals surface area contributed by atoms with Crippen molar-refractivity contribution in [1.29, 1.82) is 0 Å². The highest BCUT2D eigenvalue weighted by Gasteiger charge is 2.64. The van der Waals surface area contributed by atoms with Gasteiger partial charge in [0, 0.05) is 30.1 Å². The van der Waals surface area contributed by atoms with Crippen LogP contribution < -0.4 is 10.6 Å². The number of carbonyl (C=O) groups excluding carboxylic acids is 3. The lowest BCUT2D eigenvalue weighted by Crippen LogP contribution is -2.57. The van der Waals surface area contributed by atoms with E-state index >= 15 is 8.78 Å². The molecule has 0 spiro atoms. The second-order valence-electron chi connectivity index (χ2n) is 11.0. The first-order valence-corrected chi connectivity index (χ1v) is 13.5. The molecule has 1 saturated heterocycles. The summed E-state index contributed by atoms with van der Waals surface area (Å²) in [7, 11) is 0. The third-order valence-corrected chi connectivity index (χ3v) is 7.85. The number of pyridine rings is 1. The highest BCUT2D eigenvalue weighted by Crippen LogP contribution is 2.48. The Morgan fingerprint density at radius 2 is 1.69 bits per heavy atom. The molecule has 1 aliphatic heterocycles.